The number of halogens is 3. The molecule has 7 nitrogen and oxygen atoms in total. The van der Waals surface area contributed by atoms with Crippen molar-refractivity contribution in [1.82, 2.24) is 9.97 Å². The number of carbonyl (C=O) groups excluding carboxylic acids is 1. The maximum atomic E-state index is 13.2. The molecule has 0 radical (unpaired) electrons. The maximum Gasteiger partial charge on any atom is 0.573 e. The van der Waals surface area contributed by atoms with Crippen LogP contribution in [0.1, 0.15) is 56.1 Å². The lowest BCUT2D eigenvalue weighted by molar-refractivity contribution is -0.275. The van der Waals surface area contributed by atoms with Gasteiger partial charge in [0, 0.05) is 40.6 Å². The number of carbonyl (C=O) groups is 1. The van der Waals surface area contributed by atoms with Crippen molar-refractivity contribution >= 4 is 27.6 Å². The van der Waals surface area contributed by atoms with Crippen LogP contribution in [0.4, 0.5) is 13.2 Å². The van der Waals surface area contributed by atoms with Gasteiger partial charge in [0.15, 0.2) is 5.78 Å². The fourth-order valence-corrected chi connectivity index (χ4v) is 5.91. The lowest BCUT2D eigenvalue weighted by Gasteiger charge is -2.30. The second kappa shape index (κ2) is 11.9. The number of ether oxygens (including phenoxy) is 4. The van der Waals surface area contributed by atoms with Crippen molar-refractivity contribution in [2.45, 2.75) is 65.7 Å². The molecule has 1 aliphatic heterocycles. The Morgan fingerprint density at radius 3 is 2.57 bits per heavy atom. The Balaban J connectivity index is 1.51. The first-order chi connectivity index (χ1) is 21.8. The largest absolute Gasteiger partial charge is 0.573 e. The number of nitrogens with zero attached hydrogens (tertiary/aromatic N) is 2. The van der Waals surface area contributed by atoms with Crippen molar-refractivity contribution < 1.29 is 36.9 Å². The van der Waals surface area contributed by atoms with Crippen LogP contribution in [0.5, 0.6) is 17.4 Å². The zero-order valence-corrected chi connectivity index (χ0v) is 26.1. The summed E-state index contributed by atoms with van der Waals surface area (Å²) in [5.74, 6) is 0.478. The van der Waals surface area contributed by atoms with E-state index < -0.39 is 18.1 Å². The van der Waals surface area contributed by atoms with Gasteiger partial charge in [0.2, 0.25) is 5.88 Å². The molecule has 0 amide bonds. The number of hydrogen-bond donors (Lipinski definition) is 0. The number of aromatic nitrogens is 2. The molecule has 3 heterocycles. The zero-order chi connectivity index (χ0) is 32.8. The average Bonchev–Trinajstić information content (AvgIpc) is 2.98. The normalized spacial score (nSPS) is 13.8. The van der Waals surface area contributed by atoms with Crippen LogP contribution in [0.25, 0.3) is 32.9 Å². The van der Waals surface area contributed by atoms with Crippen LogP contribution in [-0.4, -0.2) is 34.3 Å². The van der Waals surface area contributed by atoms with E-state index in [1.807, 2.05) is 58.0 Å². The second-order valence-electron chi connectivity index (χ2n) is 12.3. The minimum atomic E-state index is -4.83. The summed E-state index contributed by atoms with van der Waals surface area (Å²) >= 11 is 0. The molecule has 6 rings (SSSR count). The van der Waals surface area contributed by atoms with E-state index in [-0.39, 0.29) is 29.6 Å². The Kier molecular flexibility index (Phi) is 8.10. The number of aryl methyl sites for hydroxylation is 1. The third kappa shape index (κ3) is 6.35. The average molecular weight is 631 g/mol. The van der Waals surface area contributed by atoms with Gasteiger partial charge in [-0.15, -0.1) is 13.2 Å². The Bertz CT molecular complexity index is 1960. The monoisotopic (exact) mass is 630 g/mol. The molecule has 5 aromatic rings. The molecule has 0 fully saturated rings. The molecule has 0 saturated heterocycles. The third-order valence-electron chi connectivity index (χ3n) is 7.73. The zero-order valence-electron chi connectivity index (χ0n) is 26.1. The molecule has 0 saturated carbocycles. The molecule has 0 spiro atoms. The Hall–Kier alpha value is -4.70. The molecule has 0 bridgehead atoms. The quantitative estimate of drug-likeness (QED) is 0.170. The Labute approximate surface area is 264 Å². The standard InChI is InChI=1S/C36H33F3N2O5/c1-20-18-26-24(11-13-29(41-26)44-19-23-8-6-7-9-27(23)45-36(37,38)39)32(30(20)34(21(2)42)46-35(3,4)5)25-10-12-28-31-22(15-17-43-28)14-16-40-33(25)31/h6-14,16,18,34H,15,17,19H2,1-5H3/t34-/m1/s1. The van der Waals surface area contributed by atoms with Crippen LogP contribution in [0.15, 0.2) is 66.9 Å². The van der Waals surface area contributed by atoms with Crippen LogP contribution in [-0.2, 0) is 22.6 Å². The Morgan fingerprint density at radius 2 is 1.83 bits per heavy atom. The van der Waals surface area contributed by atoms with Crippen molar-refractivity contribution in [3.8, 4) is 28.5 Å². The van der Waals surface area contributed by atoms with Gasteiger partial charge in [-0.05, 0) is 93.3 Å². The molecule has 0 unspecified atom stereocenters. The molecule has 0 N–H and O–H groups in total. The smallest absolute Gasteiger partial charge is 0.493 e. The van der Waals surface area contributed by atoms with Gasteiger partial charge in [-0.3, -0.25) is 9.78 Å². The highest BCUT2D eigenvalue weighted by molar-refractivity contribution is 6.08. The van der Waals surface area contributed by atoms with E-state index >= 15 is 0 Å². The summed E-state index contributed by atoms with van der Waals surface area (Å²) < 4.78 is 61.3. The van der Waals surface area contributed by atoms with Gasteiger partial charge in [-0.25, -0.2) is 4.98 Å². The van der Waals surface area contributed by atoms with Gasteiger partial charge in [0.05, 0.1) is 23.2 Å². The Morgan fingerprint density at radius 1 is 1.04 bits per heavy atom. The number of Topliss-reactive ketones (excluding diaryl/α,β-unsaturated/α-hetero) is 1. The highest BCUT2D eigenvalue weighted by atomic mass is 19.4. The van der Waals surface area contributed by atoms with E-state index in [0.717, 1.165) is 50.7 Å². The first kappa shape index (κ1) is 31.3. The summed E-state index contributed by atoms with van der Waals surface area (Å²) in [6, 6.07) is 17.1. The van der Waals surface area contributed by atoms with Crippen LogP contribution in [0.2, 0.25) is 0 Å². The summed E-state index contributed by atoms with van der Waals surface area (Å²) in [6.45, 7) is 9.52. The predicted octanol–water partition coefficient (Wildman–Crippen LogP) is 8.62. The molecule has 238 valence electrons. The lowest BCUT2D eigenvalue weighted by Crippen LogP contribution is -2.27. The summed E-state index contributed by atoms with van der Waals surface area (Å²) in [5.41, 5.74) is 5.07. The number of ketones is 1. The van der Waals surface area contributed by atoms with E-state index in [4.69, 9.17) is 24.2 Å². The third-order valence-corrected chi connectivity index (χ3v) is 7.73. The molecule has 0 aliphatic carbocycles. The minimum absolute atomic E-state index is 0.148. The molecule has 1 aliphatic rings. The summed E-state index contributed by atoms with van der Waals surface area (Å²) in [7, 11) is 0. The molecular formula is C36H33F3N2O5. The van der Waals surface area contributed by atoms with Crippen molar-refractivity contribution in [3.63, 3.8) is 0 Å². The number of alkyl halides is 3. The van der Waals surface area contributed by atoms with Gasteiger partial charge < -0.3 is 18.9 Å². The van der Waals surface area contributed by atoms with Crippen LogP contribution >= 0.6 is 0 Å². The molecule has 1 atom stereocenters. The van der Waals surface area contributed by atoms with Crippen LogP contribution in [0, 0.1) is 6.92 Å². The van der Waals surface area contributed by atoms with Crippen LogP contribution in [0.3, 0.4) is 0 Å². The number of pyridine rings is 2. The predicted molar refractivity (Wildman–Crippen MR) is 168 cm³/mol. The summed E-state index contributed by atoms with van der Waals surface area (Å²) in [5, 5.41) is 1.66. The minimum Gasteiger partial charge on any atom is -0.493 e. The molecule has 10 heteroatoms. The first-order valence-corrected chi connectivity index (χ1v) is 14.9. The lowest BCUT2D eigenvalue weighted by atomic mass is 9.86. The van der Waals surface area contributed by atoms with Crippen molar-refractivity contribution in [3.05, 3.63) is 89.1 Å². The van der Waals surface area contributed by atoms with Gasteiger partial charge >= 0.3 is 6.36 Å². The molecule has 46 heavy (non-hydrogen) atoms. The van der Waals surface area contributed by atoms with E-state index in [0.29, 0.717) is 17.7 Å². The molecular weight excluding hydrogens is 597 g/mol. The fraction of sp³-hybridized carbons (Fsp3) is 0.306. The van der Waals surface area contributed by atoms with Crippen molar-refractivity contribution in [2.24, 2.45) is 0 Å². The van der Waals surface area contributed by atoms with Gasteiger partial charge in [0.1, 0.15) is 24.2 Å². The van der Waals surface area contributed by atoms with Crippen molar-refractivity contribution in [1.29, 1.82) is 0 Å². The highest BCUT2D eigenvalue weighted by Crippen LogP contribution is 2.45. The molecule has 2 aromatic heterocycles. The maximum absolute atomic E-state index is 13.2. The van der Waals surface area contributed by atoms with E-state index in [1.165, 1.54) is 25.1 Å². The summed E-state index contributed by atoms with van der Waals surface area (Å²) in [4.78, 5) is 22.8. The second-order valence-corrected chi connectivity index (χ2v) is 12.3. The van der Waals surface area contributed by atoms with E-state index in [1.54, 1.807) is 18.3 Å². The number of rotatable bonds is 8. The van der Waals surface area contributed by atoms with Gasteiger partial charge in [0.25, 0.3) is 0 Å². The topological polar surface area (TPSA) is 79.8 Å². The fourth-order valence-electron chi connectivity index (χ4n) is 5.91. The van der Waals surface area contributed by atoms with E-state index in [9.17, 15) is 18.0 Å². The highest BCUT2D eigenvalue weighted by Gasteiger charge is 2.33. The van der Waals surface area contributed by atoms with Gasteiger partial charge in [-0.2, -0.15) is 0 Å². The number of hydrogen-bond acceptors (Lipinski definition) is 7. The first-order valence-electron chi connectivity index (χ1n) is 14.9. The van der Waals surface area contributed by atoms with Gasteiger partial charge in [-0.1, -0.05) is 18.2 Å². The number of benzene rings is 3. The molecule has 3 aromatic carbocycles. The summed E-state index contributed by atoms with van der Waals surface area (Å²) in [6.07, 6.45) is -3.17. The number of para-hydroxylation sites is 1. The van der Waals surface area contributed by atoms with E-state index in [2.05, 4.69) is 4.74 Å². The number of fused-ring (bicyclic) bond motifs is 1. The van der Waals surface area contributed by atoms with Crippen LogP contribution < -0.4 is 14.2 Å². The van der Waals surface area contributed by atoms with Crippen molar-refractivity contribution in [2.75, 3.05) is 6.61 Å². The SMILES string of the molecule is CC(=O)[C@@H](OC(C)(C)C)c1c(C)cc2nc(OCc3ccccc3OC(F)(F)F)ccc2c1-c1ccc2c3c(ccnc13)CCO2.